The Morgan fingerprint density at radius 1 is 1.00 bits per heavy atom. The lowest BCUT2D eigenvalue weighted by molar-refractivity contribution is 0.174. The maximum Gasteiger partial charge on any atom is 0.231 e. The van der Waals surface area contributed by atoms with Crippen molar-refractivity contribution in [3.63, 3.8) is 0 Å². The average molecular weight is 345 g/mol. The lowest BCUT2D eigenvalue weighted by Gasteiger charge is -2.10. The number of aromatic nitrogens is 2. The highest BCUT2D eigenvalue weighted by Crippen LogP contribution is 2.32. The molecule has 7 heteroatoms. The van der Waals surface area contributed by atoms with Crippen LogP contribution in [-0.2, 0) is 6.54 Å². The second-order valence-electron chi connectivity index (χ2n) is 5.61. The lowest BCUT2D eigenvalue weighted by atomic mass is 10.2. The van der Waals surface area contributed by atoms with Crippen LogP contribution in [0.25, 0.3) is 0 Å². The number of nitrogens with zero attached hydrogens (tertiary/aromatic N) is 3. The van der Waals surface area contributed by atoms with Crippen LogP contribution >= 0.6 is 0 Å². The van der Waals surface area contributed by atoms with Crippen LogP contribution in [0.5, 0.6) is 11.5 Å². The Labute approximate surface area is 150 Å². The summed E-state index contributed by atoms with van der Waals surface area (Å²) in [7, 11) is 0. The summed E-state index contributed by atoms with van der Waals surface area (Å²) in [6.07, 6.45) is 1.47. The molecule has 0 radical (unpaired) electrons. The molecule has 1 aliphatic rings. The molecule has 0 unspecified atom stereocenters. The van der Waals surface area contributed by atoms with Crippen molar-refractivity contribution >= 4 is 17.3 Å². The summed E-state index contributed by atoms with van der Waals surface area (Å²) in [5.74, 6) is 2.80. The Balaban J connectivity index is 1.45. The molecule has 0 bridgehead atoms. The minimum atomic E-state index is 0.261. The first-order chi connectivity index (χ1) is 12.8. The minimum Gasteiger partial charge on any atom is -0.454 e. The fourth-order valence-electron chi connectivity index (χ4n) is 2.59. The van der Waals surface area contributed by atoms with Crippen LogP contribution < -0.4 is 20.1 Å². The van der Waals surface area contributed by atoms with E-state index in [1.54, 1.807) is 12.1 Å². The maximum atomic E-state index is 9.17. The number of hydrogen-bond acceptors (Lipinski definition) is 7. The number of ether oxygens (including phenoxy) is 2. The Hall–Kier alpha value is -3.79. The zero-order valence-corrected chi connectivity index (χ0v) is 13.8. The number of rotatable bonds is 5. The Morgan fingerprint density at radius 3 is 2.77 bits per heavy atom. The monoisotopic (exact) mass is 345 g/mol. The molecule has 0 fully saturated rings. The predicted octanol–water partition coefficient (Wildman–Crippen LogP) is 3.43. The van der Waals surface area contributed by atoms with E-state index in [-0.39, 0.29) is 6.79 Å². The van der Waals surface area contributed by atoms with Crippen LogP contribution in [0.1, 0.15) is 11.1 Å². The third-order valence-corrected chi connectivity index (χ3v) is 3.89. The highest BCUT2D eigenvalue weighted by molar-refractivity contribution is 5.65. The molecule has 2 aromatic carbocycles. The molecule has 0 atom stereocenters. The van der Waals surface area contributed by atoms with Crippen molar-refractivity contribution in [2.75, 3.05) is 17.4 Å². The Morgan fingerprint density at radius 2 is 1.85 bits per heavy atom. The predicted molar refractivity (Wildman–Crippen MR) is 96.4 cm³/mol. The summed E-state index contributed by atoms with van der Waals surface area (Å²) in [6, 6.07) is 17.0. The van der Waals surface area contributed by atoms with Gasteiger partial charge in [-0.25, -0.2) is 9.97 Å². The van der Waals surface area contributed by atoms with Crippen LogP contribution in [0.15, 0.2) is 54.9 Å². The maximum absolute atomic E-state index is 9.17. The topological polar surface area (TPSA) is 92.1 Å². The van der Waals surface area contributed by atoms with Gasteiger partial charge in [-0.1, -0.05) is 18.2 Å². The summed E-state index contributed by atoms with van der Waals surface area (Å²) < 4.78 is 10.7. The molecule has 26 heavy (non-hydrogen) atoms. The van der Waals surface area contributed by atoms with Gasteiger partial charge in [0.05, 0.1) is 11.3 Å². The Kier molecular flexibility index (Phi) is 4.23. The molecule has 128 valence electrons. The van der Waals surface area contributed by atoms with Gasteiger partial charge in [0.2, 0.25) is 6.79 Å². The number of nitrogens with one attached hydrogen (secondary N) is 2. The normalized spacial score (nSPS) is 11.7. The average Bonchev–Trinajstić information content (AvgIpc) is 3.15. The first-order valence-electron chi connectivity index (χ1n) is 8.02. The van der Waals surface area contributed by atoms with Gasteiger partial charge in [0.25, 0.3) is 0 Å². The van der Waals surface area contributed by atoms with Crippen LogP contribution in [0.4, 0.5) is 17.3 Å². The molecule has 0 spiro atoms. The van der Waals surface area contributed by atoms with Crippen LogP contribution in [-0.4, -0.2) is 16.8 Å². The number of hydrogen-bond donors (Lipinski definition) is 2. The van der Waals surface area contributed by atoms with Gasteiger partial charge in [-0.15, -0.1) is 0 Å². The van der Waals surface area contributed by atoms with Crippen LogP contribution in [0.3, 0.4) is 0 Å². The molecule has 1 aromatic heterocycles. The number of benzene rings is 2. The van der Waals surface area contributed by atoms with Crippen molar-refractivity contribution in [3.8, 4) is 17.6 Å². The number of anilines is 3. The van der Waals surface area contributed by atoms with Crippen molar-refractivity contribution in [2.45, 2.75) is 6.54 Å². The summed E-state index contributed by atoms with van der Waals surface area (Å²) in [5, 5.41) is 15.6. The standard InChI is InChI=1S/C19H15N5O2/c20-9-14-3-1-2-4-15(14)24-19-8-18(22-11-23-19)21-10-13-5-6-16-17(7-13)26-12-25-16/h1-8,11H,10,12H2,(H2,21,22,23,24). The first kappa shape index (κ1) is 15.7. The first-order valence-corrected chi connectivity index (χ1v) is 8.02. The molecule has 0 aliphatic carbocycles. The largest absolute Gasteiger partial charge is 0.454 e. The van der Waals surface area contributed by atoms with E-state index >= 15 is 0 Å². The SMILES string of the molecule is N#Cc1ccccc1Nc1cc(NCc2ccc3c(c2)OCO3)ncn1. The molecule has 0 amide bonds. The van der Waals surface area contributed by atoms with E-state index in [2.05, 4.69) is 26.7 Å². The third kappa shape index (κ3) is 3.35. The van der Waals surface area contributed by atoms with Gasteiger partial charge >= 0.3 is 0 Å². The molecule has 4 rings (SSSR count). The van der Waals surface area contributed by atoms with Gasteiger partial charge in [0, 0.05) is 12.6 Å². The van der Waals surface area contributed by atoms with E-state index in [0.717, 1.165) is 17.1 Å². The number of para-hydroxylation sites is 1. The number of fused-ring (bicyclic) bond motifs is 1. The Bertz CT molecular complexity index is 984. The molecular weight excluding hydrogens is 330 g/mol. The fourth-order valence-corrected chi connectivity index (χ4v) is 2.59. The van der Waals surface area contributed by atoms with E-state index in [9.17, 15) is 5.26 Å². The minimum absolute atomic E-state index is 0.261. The van der Waals surface area contributed by atoms with Crippen molar-refractivity contribution in [3.05, 3.63) is 66.0 Å². The van der Waals surface area contributed by atoms with E-state index in [4.69, 9.17) is 9.47 Å². The molecule has 3 aromatic rings. The van der Waals surface area contributed by atoms with Crippen LogP contribution in [0, 0.1) is 11.3 Å². The molecule has 2 heterocycles. The summed E-state index contributed by atoms with van der Waals surface area (Å²) in [6.45, 7) is 0.846. The highest BCUT2D eigenvalue weighted by Gasteiger charge is 2.13. The van der Waals surface area contributed by atoms with E-state index < -0.39 is 0 Å². The molecule has 2 N–H and O–H groups in total. The second-order valence-corrected chi connectivity index (χ2v) is 5.61. The highest BCUT2D eigenvalue weighted by atomic mass is 16.7. The zero-order valence-electron chi connectivity index (χ0n) is 13.8. The third-order valence-electron chi connectivity index (χ3n) is 3.89. The van der Waals surface area contributed by atoms with Crippen molar-refractivity contribution in [2.24, 2.45) is 0 Å². The van der Waals surface area contributed by atoms with Gasteiger partial charge < -0.3 is 20.1 Å². The van der Waals surface area contributed by atoms with E-state index in [0.29, 0.717) is 29.4 Å². The number of nitriles is 1. The molecule has 0 saturated carbocycles. The molecular formula is C19H15N5O2. The van der Waals surface area contributed by atoms with Crippen molar-refractivity contribution in [1.82, 2.24) is 9.97 Å². The lowest BCUT2D eigenvalue weighted by Crippen LogP contribution is -2.03. The van der Waals surface area contributed by atoms with Gasteiger partial charge in [-0.2, -0.15) is 5.26 Å². The second kappa shape index (κ2) is 6.99. The van der Waals surface area contributed by atoms with Crippen molar-refractivity contribution < 1.29 is 9.47 Å². The molecule has 7 nitrogen and oxygen atoms in total. The van der Waals surface area contributed by atoms with Gasteiger partial charge in [0.15, 0.2) is 11.5 Å². The van der Waals surface area contributed by atoms with Gasteiger partial charge in [-0.05, 0) is 29.8 Å². The van der Waals surface area contributed by atoms with Crippen molar-refractivity contribution in [1.29, 1.82) is 5.26 Å². The van der Waals surface area contributed by atoms with E-state index in [1.165, 1.54) is 6.33 Å². The fraction of sp³-hybridized carbons (Fsp3) is 0.105. The van der Waals surface area contributed by atoms with Crippen LogP contribution in [0.2, 0.25) is 0 Å². The summed E-state index contributed by atoms with van der Waals surface area (Å²) in [5.41, 5.74) is 2.31. The molecule has 1 aliphatic heterocycles. The van der Waals surface area contributed by atoms with E-state index in [1.807, 2.05) is 36.4 Å². The quantitative estimate of drug-likeness (QED) is 0.732. The summed E-state index contributed by atoms with van der Waals surface area (Å²) in [4.78, 5) is 8.43. The summed E-state index contributed by atoms with van der Waals surface area (Å²) >= 11 is 0. The van der Waals surface area contributed by atoms with Gasteiger partial charge in [0.1, 0.15) is 24.0 Å². The zero-order chi connectivity index (χ0) is 17.8. The van der Waals surface area contributed by atoms with Gasteiger partial charge in [-0.3, -0.25) is 0 Å². The smallest absolute Gasteiger partial charge is 0.231 e. The molecule has 0 saturated heterocycles.